The van der Waals surface area contributed by atoms with Gasteiger partial charge in [0.1, 0.15) is 0 Å². The fraction of sp³-hybridized carbons (Fsp3) is 0.333. The Morgan fingerprint density at radius 3 is 2.42 bits per heavy atom. The Labute approximate surface area is 159 Å². The highest BCUT2D eigenvalue weighted by Gasteiger charge is 2.18. The molecule has 1 N–H and O–H groups in total. The van der Waals surface area contributed by atoms with E-state index in [0.29, 0.717) is 16.8 Å². The number of hydrogen-bond acceptors (Lipinski definition) is 3. The maximum Gasteiger partial charge on any atom is 0.255 e. The van der Waals surface area contributed by atoms with Crippen LogP contribution in [0.25, 0.3) is 0 Å². The zero-order valence-corrected chi connectivity index (χ0v) is 15.8. The number of anilines is 1. The van der Waals surface area contributed by atoms with Gasteiger partial charge in [0, 0.05) is 35.7 Å². The zero-order chi connectivity index (χ0) is 18.4. The molecule has 5 heteroatoms. The average Bonchev–Trinajstić information content (AvgIpc) is 2.69. The summed E-state index contributed by atoms with van der Waals surface area (Å²) in [4.78, 5) is 27.0. The molecule has 0 saturated carbocycles. The molecular formula is C21H24N2O2S. The molecule has 0 atom stereocenters. The van der Waals surface area contributed by atoms with Crippen LogP contribution in [0.5, 0.6) is 0 Å². The van der Waals surface area contributed by atoms with E-state index in [1.165, 1.54) is 12.0 Å². The van der Waals surface area contributed by atoms with Gasteiger partial charge in [-0.25, -0.2) is 0 Å². The van der Waals surface area contributed by atoms with Crippen LogP contribution in [-0.2, 0) is 5.75 Å². The third-order valence-corrected chi connectivity index (χ3v) is 5.16. The van der Waals surface area contributed by atoms with Crippen molar-refractivity contribution in [3.63, 3.8) is 0 Å². The first-order valence-electron chi connectivity index (χ1n) is 8.96. The van der Waals surface area contributed by atoms with Gasteiger partial charge in [0.15, 0.2) is 0 Å². The van der Waals surface area contributed by atoms with Crippen LogP contribution in [0.1, 0.15) is 45.5 Å². The van der Waals surface area contributed by atoms with Gasteiger partial charge in [0.2, 0.25) is 0 Å². The molecule has 2 aromatic rings. The van der Waals surface area contributed by atoms with Gasteiger partial charge in [0.05, 0.1) is 0 Å². The lowest BCUT2D eigenvalue weighted by Crippen LogP contribution is -2.35. The lowest BCUT2D eigenvalue weighted by Gasteiger charge is -2.26. The number of amides is 2. The number of nitrogens with one attached hydrogen (secondary N) is 1. The summed E-state index contributed by atoms with van der Waals surface area (Å²) in [6.45, 7) is 1.63. The molecule has 0 unspecified atom stereocenters. The second kappa shape index (κ2) is 8.90. The number of hydrogen-bond donors (Lipinski definition) is 1. The summed E-state index contributed by atoms with van der Waals surface area (Å²) in [5, 5.41) is 2.89. The summed E-state index contributed by atoms with van der Waals surface area (Å²) < 4.78 is 0. The molecule has 0 radical (unpaired) electrons. The summed E-state index contributed by atoms with van der Waals surface area (Å²) >= 11 is 1.75. The summed E-state index contributed by atoms with van der Waals surface area (Å²) in [6, 6.07) is 14.8. The van der Waals surface area contributed by atoms with Gasteiger partial charge in [0.25, 0.3) is 11.8 Å². The smallest absolute Gasteiger partial charge is 0.255 e. The normalized spacial score (nSPS) is 14.1. The van der Waals surface area contributed by atoms with Crippen molar-refractivity contribution in [3.05, 3.63) is 65.2 Å². The number of rotatable bonds is 5. The van der Waals surface area contributed by atoms with Crippen LogP contribution in [0.2, 0.25) is 0 Å². The fourth-order valence-corrected chi connectivity index (χ4v) is 3.66. The molecule has 2 amide bonds. The first kappa shape index (κ1) is 18.5. The van der Waals surface area contributed by atoms with Crippen molar-refractivity contribution in [1.29, 1.82) is 0 Å². The van der Waals surface area contributed by atoms with Crippen molar-refractivity contribution in [2.45, 2.75) is 25.0 Å². The van der Waals surface area contributed by atoms with Crippen LogP contribution >= 0.6 is 11.8 Å². The Hall–Kier alpha value is -2.27. The number of piperidine rings is 1. The predicted octanol–water partition coefficient (Wildman–Crippen LogP) is 4.43. The number of benzene rings is 2. The molecule has 1 heterocycles. The highest BCUT2D eigenvalue weighted by atomic mass is 32.2. The number of carbonyl (C=O) groups is 2. The number of likely N-dealkylation sites (tertiary alicyclic amines) is 1. The van der Waals surface area contributed by atoms with Gasteiger partial charge in [-0.15, -0.1) is 0 Å². The molecular weight excluding hydrogens is 344 g/mol. The lowest BCUT2D eigenvalue weighted by molar-refractivity contribution is 0.0724. The Morgan fingerprint density at radius 1 is 1.00 bits per heavy atom. The SMILES string of the molecule is CSCc1ccc(C(=O)Nc2cccc(C(=O)N3CCCCC3)c2)cc1. The van der Waals surface area contributed by atoms with Gasteiger partial charge < -0.3 is 10.2 Å². The topological polar surface area (TPSA) is 49.4 Å². The minimum Gasteiger partial charge on any atom is -0.339 e. The van der Waals surface area contributed by atoms with E-state index in [9.17, 15) is 9.59 Å². The summed E-state index contributed by atoms with van der Waals surface area (Å²) in [5.41, 5.74) is 3.08. The van der Waals surface area contributed by atoms with Crippen molar-refractivity contribution in [1.82, 2.24) is 4.90 Å². The van der Waals surface area contributed by atoms with Crippen molar-refractivity contribution in [2.24, 2.45) is 0 Å². The van der Waals surface area contributed by atoms with E-state index >= 15 is 0 Å². The van der Waals surface area contributed by atoms with Crippen LogP contribution in [0.3, 0.4) is 0 Å². The molecule has 3 rings (SSSR count). The Balaban J connectivity index is 1.67. The largest absolute Gasteiger partial charge is 0.339 e. The minimum atomic E-state index is -0.164. The lowest BCUT2D eigenvalue weighted by atomic mass is 10.1. The van der Waals surface area contributed by atoms with Crippen LogP contribution in [0.4, 0.5) is 5.69 Å². The number of carbonyl (C=O) groups excluding carboxylic acids is 2. The molecule has 0 aromatic heterocycles. The summed E-state index contributed by atoms with van der Waals surface area (Å²) in [6.07, 6.45) is 5.37. The van der Waals surface area contributed by atoms with Crippen molar-refractivity contribution in [3.8, 4) is 0 Å². The first-order chi connectivity index (χ1) is 12.7. The van der Waals surface area contributed by atoms with Gasteiger partial charge in [-0.1, -0.05) is 18.2 Å². The van der Waals surface area contributed by atoms with Gasteiger partial charge in [-0.2, -0.15) is 11.8 Å². The van der Waals surface area contributed by atoms with Crippen molar-refractivity contribution < 1.29 is 9.59 Å². The Morgan fingerprint density at radius 2 is 1.73 bits per heavy atom. The minimum absolute atomic E-state index is 0.0437. The zero-order valence-electron chi connectivity index (χ0n) is 15.0. The number of thioether (sulfide) groups is 1. The van der Waals surface area contributed by atoms with Gasteiger partial charge in [-0.05, 0) is 61.4 Å². The molecule has 1 fully saturated rings. The van der Waals surface area contributed by atoms with Gasteiger partial charge in [-0.3, -0.25) is 9.59 Å². The molecule has 136 valence electrons. The van der Waals surface area contributed by atoms with Crippen LogP contribution < -0.4 is 5.32 Å². The molecule has 26 heavy (non-hydrogen) atoms. The van der Waals surface area contributed by atoms with E-state index in [-0.39, 0.29) is 11.8 Å². The van der Waals surface area contributed by atoms with Crippen LogP contribution in [0.15, 0.2) is 48.5 Å². The van der Waals surface area contributed by atoms with Crippen molar-refractivity contribution >= 4 is 29.3 Å². The molecule has 4 nitrogen and oxygen atoms in total. The van der Waals surface area contributed by atoms with E-state index in [4.69, 9.17) is 0 Å². The Bertz CT molecular complexity index is 768. The van der Waals surface area contributed by atoms with Crippen molar-refractivity contribution in [2.75, 3.05) is 24.7 Å². The first-order valence-corrected chi connectivity index (χ1v) is 10.4. The van der Waals surface area contributed by atoms with Crippen LogP contribution in [-0.4, -0.2) is 36.1 Å². The maximum absolute atomic E-state index is 12.6. The second-order valence-corrected chi connectivity index (χ2v) is 7.38. The number of nitrogens with zero attached hydrogens (tertiary/aromatic N) is 1. The highest BCUT2D eigenvalue weighted by Crippen LogP contribution is 2.17. The molecule has 1 aliphatic heterocycles. The third-order valence-electron chi connectivity index (χ3n) is 4.54. The third kappa shape index (κ3) is 4.67. The summed E-state index contributed by atoms with van der Waals surface area (Å²) in [7, 11) is 0. The molecule has 1 aliphatic rings. The van der Waals surface area contributed by atoms with E-state index in [0.717, 1.165) is 31.7 Å². The predicted molar refractivity (Wildman–Crippen MR) is 108 cm³/mol. The van der Waals surface area contributed by atoms with E-state index in [2.05, 4.69) is 11.6 Å². The molecule has 2 aromatic carbocycles. The van der Waals surface area contributed by atoms with E-state index in [1.807, 2.05) is 47.4 Å². The second-order valence-electron chi connectivity index (χ2n) is 6.52. The fourth-order valence-electron chi connectivity index (χ4n) is 3.13. The van der Waals surface area contributed by atoms with Gasteiger partial charge >= 0.3 is 0 Å². The van der Waals surface area contributed by atoms with Crippen LogP contribution in [0, 0.1) is 0 Å². The van der Waals surface area contributed by atoms with E-state index < -0.39 is 0 Å². The standard InChI is InChI=1S/C21H24N2O2S/c1-26-15-16-8-10-17(11-9-16)20(24)22-19-7-5-6-18(14-19)21(25)23-12-3-2-4-13-23/h5-11,14H,2-4,12-13,15H2,1H3,(H,22,24). The highest BCUT2D eigenvalue weighted by molar-refractivity contribution is 7.97. The molecule has 0 aliphatic carbocycles. The molecule has 1 saturated heterocycles. The molecule has 0 spiro atoms. The maximum atomic E-state index is 12.6. The quantitative estimate of drug-likeness (QED) is 0.849. The monoisotopic (exact) mass is 368 g/mol. The summed E-state index contributed by atoms with van der Waals surface area (Å²) in [5.74, 6) is 0.813. The average molecular weight is 369 g/mol. The van der Waals surface area contributed by atoms with E-state index in [1.54, 1.807) is 17.8 Å². The Kier molecular flexibility index (Phi) is 6.34. The molecule has 0 bridgehead atoms.